The second-order valence-electron chi connectivity index (χ2n) is 3.01. The molecule has 0 aliphatic heterocycles. The third kappa shape index (κ3) is 3.63. The monoisotopic (exact) mass is 215 g/mol. The molecule has 0 atom stereocenters. The summed E-state index contributed by atoms with van der Waals surface area (Å²) >= 11 is 1.77. The summed E-state index contributed by atoms with van der Waals surface area (Å²) in [7, 11) is 0. The average Bonchev–Trinajstić information content (AvgIpc) is 2.63. The van der Waals surface area contributed by atoms with Crippen molar-refractivity contribution in [3.05, 3.63) is 5.82 Å². The lowest BCUT2D eigenvalue weighted by molar-refractivity contribution is 0.540. The first-order valence-electron chi connectivity index (χ1n) is 4.91. The van der Waals surface area contributed by atoms with Gasteiger partial charge in [-0.2, -0.15) is 11.8 Å². The summed E-state index contributed by atoms with van der Waals surface area (Å²) in [4.78, 5) is 0. The van der Waals surface area contributed by atoms with E-state index in [1.54, 1.807) is 11.8 Å². The van der Waals surface area contributed by atoms with E-state index in [-0.39, 0.29) is 0 Å². The summed E-state index contributed by atoms with van der Waals surface area (Å²) in [5, 5.41) is 11.6. The number of nitrogens with zero attached hydrogens (tertiary/aromatic N) is 4. The molecule has 0 amide bonds. The van der Waals surface area contributed by atoms with Crippen LogP contribution >= 0.6 is 11.8 Å². The first-order valence-corrected chi connectivity index (χ1v) is 6.06. The fourth-order valence-electron chi connectivity index (χ4n) is 1.05. The van der Waals surface area contributed by atoms with E-state index < -0.39 is 0 Å². The molecule has 1 rings (SSSR count). The van der Waals surface area contributed by atoms with Crippen molar-refractivity contribution >= 4 is 11.8 Å². The number of hydrogen-bond acceptors (Lipinski definition) is 5. The standard InChI is InChI=1S/C8H17N5S/c1-2-3-5-13-8(10-11-12-13)7-14-6-4-9/h2-7,9H2,1H3. The number of hydrogen-bond donors (Lipinski definition) is 1. The fourth-order valence-corrected chi connectivity index (χ4v) is 1.76. The third-order valence-corrected chi connectivity index (χ3v) is 2.81. The Hall–Kier alpha value is -0.620. The summed E-state index contributed by atoms with van der Waals surface area (Å²) in [5.41, 5.74) is 5.41. The number of tetrazole rings is 1. The Morgan fingerprint density at radius 3 is 3.07 bits per heavy atom. The third-order valence-electron chi connectivity index (χ3n) is 1.82. The van der Waals surface area contributed by atoms with Gasteiger partial charge in [0.2, 0.25) is 0 Å². The number of aryl methyl sites for hydroxylation is 1. The van der Waals surface area contributed by atoms with Crippen LogP contribution in [0.4, 0.5) is 0 Å². The first-order chi connectivity index (χ1) is 6.88. The molecular formula is C8H17N5S. The van der Waals surface area contributed by atoms with Crippen LogP contribution in [0.2, 0.25) is 0 Å². The molecule has 0 saturated carbocycles. The Labute approximate surface area is 88.4 Å². The molecule has 80 valence electrons. The van der Waals surface area contributed by atoms with Gasteiger partial charge < -0.3 is 5.73 Å². The van der Waals surface area contributed by atoms with Gasteiger partial charge in [0.1, 0.15) is 0 Å². The molecule has 1 aromatic rings. The zero-order valence-corrected chi connectivity index (χ0v) is 9.33. The molecule has 1 aromatic heterocycles. The molecule has 14 heavy (non-hydrogen) atoms. The van der Waals surface area contributed by atoms with Gasteiger partial charge in [-0.3, -0.25) is 0 Å². The molecule has 0 spiro atoms. The van der Waals surface area contributed by atoms with Crippen LogP contribution in [-0.4, -0.2) is 32.5 Å². The molecule has 2 N–H and O–H groups in total. The highest BCUT2D eigenvalue weighted by Gasteiger charge is 2.04. The Kier molecular flexibility index (Phi) is 5.55. The van der Waals surface area contributed by atoms with Crippen molar-refractivity contribution in [1.82, 2.24) is 20.2 Å². The van der Waals surface area contributed by atoms with Crippen molar-refractivity contribution in [2.45, 2.75) is 32.1 Å². The largest absolute Gasteiger partial charge is 0.330 e. The molecule has 0 radical (unpaired) electrons. The van der Waals surface area contributed by atoms with E-state index >= 15 is 0 Å². The number of rotatable bonds is 7. The van der Waals surface area contributed by atoms with Gasteiger partial charge in [0.05, 0.1) is 5.75 Å². The highest BCUT2D eigenvalue weighted by atomic mass is 32.2. The summed E-state index contributed by atoms with van der Waals surface area (Å²) in [6.07, 6.45) is 2.29. The van der Waals surface area contributed by atoms with E-state index in [1.165, 1.54) is 0 Å². The van der Waals surface area contributed by atoms with Crippen molar-refractivity contribution < 1.29 is 0 Å². The highest BCUT2D eigenvalue weighted by Crippen LogP contribution is 2.08. The molecular weight excluding hydrogens is 198 g/mol. The summed E-state index contributed by atoms with van der Waals surface area (Å²) < 4.78 is 1.88. The molecule has 1 heterocycles. The smallest absolute Gasteiger partial charge is 0.161 e. The Balaban J connectivity index is 2.37. The summed E-state index contributed by atoms with van der Waals surface area (Å²) in [5.74, 6) is 2.77. The minimum Gasteiger partial charge on any atom is -0.330 e. The Morgan fingerprint density at radius 2 is 2.36 bits per heavy atom. The zero-order valence-electron chi connectivity index (χ0n) is 8.52. The second-order valence-corrected chi connectivity index (χ2v) is 4.12. The van der Waals surface area contributed by atoms with Crippen molar-refractivity contribution in [2.75, 3.05) is 12.3 Å². The van der Waals surface area contributed by atoms with Crippen LogP contribution in [0.25, 0.3) is 0 Å². The SMILES string of the molecule is CCCCn1nnnc1CSCCN. The van der Waals surface area contributed by atoms with Gasteiger partial charge in [0, 0.05) is 18.8 Å². The quantitative estimate of drug-likeness (QED) is 0.677. The van der Waals surface area contributed by atoms with Crippen molar-refractivity contribution in [3.63, 3.8) is 0 Å². The van der Waals surface area contributed by atoms with Crippen molar-refractivity contribution in [3.8, 4) is 0 Å². The van der Waals surface area contributed by atoms with E-state index in [9.17, 15) is 0 Å². The van der Waals surface area contributed by atoms with Crippen LogP contribution in [-0.2, 0) is 12.3 Å². The maximum absolute atomic E-state index is 5.41. The van der Waals surface area contributed by atoms with E-state index in [0.717, 1.165) is 36.7 Å². The van der Waals surface area contributed by atoms with Crippen molar-refractivity contribution in [1.29, 1.82) is 0 Å². The molecule has 5 nitrogen and oxygen atoms in total. The average molecular weight is 215 g/mol. The lowest BCUT2D eigenvalue weighted by Crippen LogP contribution is -2.06. The van der Waals surface area contributed by atoms with Crippen LogP contribution in [0.3, 0.4) is 0 Å². The van der Waals surface area contributed by atoms with Crippen LogP contribution in [0, 0.1) is 0 Å². The van der Waals surface area contributed by atoms with Gasteiger partial charge >= 0.3 is 0 Å². The number of unbranched alkanes of at least 4 members (excludes halogenated alkanes) is 1. The second kappa shape index (κ2) is 6.78. The summed E-state index contributed by atoms with van der Waals surface area (Å²) in [6.45, 7) is 3.79. The molecule has 0 saturated heterocycles. The zero-order chi connectivity index (χ0) is 10.2. The molecule has 0 aliphatic carbocycles. The molecule has 0 fully saturated rings. The van der Waals surface area contributed by atoms with Gasteiger partial charge in [0.25, 0.3) is 0 Å². The van der Waals surface area contributed by atoms with Crippen LogP contribution in [0.1, 0.15) is 25.6 Å². The molecule has 6 heteroatoms. The van der Waals surface area contributed by atoms with Crippen LogP contribution in [0.5, 0.6) is 0 Å². The predicted octanol–water partition coefficient (Wildman–Crippen LogP) is 0.665. The first kappa shape index (κ1) is 11.5. The van der Waals surface area contributed by atoms with Gasteiger partial charge in [-0.05, 0) is 16.8 Å². The number of nitrogens with two attached hydrogens (primary N) is 1. The maximum atomic E-state index is 5.41. The summed E-state index contributed by atoms with van der Waals surface area (Å²) in [6, 6.07) is 0. The lowest BCUT2D eigenvalue weighted by atomic mass is 10.3. The Bertz CT molecular complexity index is 250. The normalized spacial score (nSPS) is 10.7. The molecule has 0 aromatic carbocycles. The maximum Gasteiger partial charge on any atom is 0.161 e. The van der Waals surface area contributed by atoms with Crippen LogP contribution in [0.15, 0.2) is 0 Å². The molecule has 0 aliphatic rings. The van der Waals surface area contributed by atoms with Gasteiger partial charge in [0.15, 0.2) is 5.82 Å². The van der Waals surface area contributed by atoms with Gasteiger partial charge in [-0.15, -0.1) is 5.10 Å². The lowest BCUT2D eigenvalue weighted by Gasteiger charge is -2.02. The minimum atomic E-state index is 0.710. The molecule has 0 unspecified atom stereocenters. The van der Waals surface area contributed by atoms with E-state index in [0.29, 0.717) is 6.54 Å². The Morgan fingerprint density at radius 1 is 1.50 bits per heavy atom. The predicted molar refractivity (Wildman–Crippen MR) is 57.9 cm³/mol. The van der Waals surface area contributed by atoms with E-state index in [4.69, 9.17) is 5.73 Å². The molecule has 0 bridgehead atoms. The minimum absolute atomic E-state index is 0.710. The highest BCUT2D eigenvalue weighted by molar-refractivity contribution is 7.98. The number of thioether (sulfide) groups is 1. The van der Waals surface area contributed by atoms with E-state index in [1.807, 2.05) is 4.68 Å². The van der Waals surface area contributed by atoms with Gasteiger partial charge in [-0.1, -0.05) is 13.3 Å². The van der Waals surface area contributed by atoms with E-state index in [2.05, 4.69) is 22.4 Å². The topological polar surface area (TPSA) is 69.6 Å². The van der Waals surface area contributed by atoms with Crippen LogP contribution < -0.4 is 5.73 Å². The number of aromatic nitrogens is 4. The van der Waals surface area contributed by atoms with Gasteiger partial charge in [-0.25, -0.2) is 4.68 Å². The van der Waals surface area contributed by atoms with Crippen molar-refractivity contribution in [2.24, 2.45) is 5.73 Å². The fraction of sp³-hybridized carbons (Fsp3) is 0.875.